The molecule has 0 atom stereocenters. The first kappa shape index (κ1) is 8.23. The van der Waals surface area contributed by atoms with Crippen molar-refractivity contribution in [3.05, 3.63) is 24.3 Å². The van der Waals surface area contributed by atoms with E-state index in [0.29, 0.717) is 0 Å². The monoisotopic (exact) mass is 175 g/mol. The van der Waals surface area contributed by atoms with Gasteiger partial charge in [0.2, 0.25) is 0 Å². The highest BCUT2D eigenvalue weighted by Crippen LogP contribution is 2.14. The minimum Gasteiger partial charge on any atom is -0.178 e. The normalized spacial score (nSPS) is 12.2. The number of benzene rings is 1. The molecule has 0 unspecified atom stereocenters. The molecule has 1 aromatic carbocycles. The molecule has 68 valence electrons. The lowest BCUT2D eigenvalue weighted by Crippen LogP contribution is -2.24. The maximum atomic E-state index is 4.39. The molecule has 0 aliphatic heterocycles. The molecule has 0 aliphatic rings. The molecule has 3 heteroatoms. The Morgan fingerprint density at radius 2 is 1.46 bits per heavy atom. The summed E-state index contributed by atoms with van der Waals surface area (Å²) in [7, 11) is 0. The molecule has 0 radical (unpaired) electrons. The van der Waals surface area contributed by atoms with Gasteiger partial charge in [0, 0.05) is 0 Å². The van der Waals surface area contributed by atoms with Crippen molar-refractivity contribution >= 4 is 11.0 Å². The minimum atomic E-state index is -0.0426. The summed E-state index contributed by atoms with van der Waals surface area (Å²) < 4.78 is 0. The van der Waals surface area contributed by atoms with Crippen LogP contribution in [0.3, 0.4) is 0 Å². The molecule has 0 amide bonds. The number of aromatic nitrogens is 3. The summed E-state index contributed by atoms with van der Waals surface area (Å²) in [5.74, 6) is 0. The Morgan fingerprint density at radius 3 is 1.85 bits per heavy atom. The van der Waals surface area contributed by atoms with Crippen molar-refractivity contribution in [2.75, 3.05) is 0 Å². The zero-order valence-electron chi connectivity index (χ0n) is 8.15. The van der Waals surface area contributed by atoms with Gasteiger partial charge in [0.25, 0.3) is 0 Å². The van der Waals surface area contributed by atoms with Crippen LogP contribution in [0.4, 0.5) is 0 Å². The largest absolute Gasteiger partial charge is 0.178 e. The molecular formula is C10H13N3. The van der Waals surface area contributed by atoms with Gasteiger partial charge in [-0.2, -0.15) is 15.0 Å². The van der Waals surface area contributed by atoms with E-state index in [0.717, 1.165) is 11.0 Å². The molecule has 13 heavy (non-hydrogen) atoms. The minimum absolute atomic E-state index is 0.0426. The van der Waals surface area contributed by atoms with Crippen molar-refractivity contribution in [3.8, 4) is 0 Å². The molecule has 2 rings (SSSR count). The van der Waals surface area contributed by atoms with Crippen LogP contribution in [0.25, 0.3) is 11.0 Å². The van der Waals surface area contributed by atoms with Crippen LogP contribution in [0.2, 0.25) is 0 Å². The predicted octanol–water partition coefficient (Wildman–Crippen LogP) is 2.19. The topological polar surface area (TPSA) is 30.7 Å². The van der Waals surface area contributed by atoms with Gasteiger partial charge in [-0.3, -0.25) is 0 Å². The Morgan fingerprint density at radius 1 is 1.00 bits per heavy atom. The van der Waals surface area contributed by atoms with E-state index in [4.69, 9.17) is 0 Å². The van der Waals surface area contributed by atoms with Gasteiger partial charge in [-0.1, -0.05) is 12.1 Å². The van der Waals surface area contributed by atoms with E-state index in [9.17, 15) is 0 Å². The van der Waals surface area contributed by atoms with Gasteiger partial charge in [0.1, 0.15) is 11.0 Å². The fourth-order valence-corrected chi connectivity index (χ4v) is 1.16. The van der Waals surface area contributed by atoms with E-state index in [1.807, 2.05) is 24.3 Å². The Hall–Kier alpha value is -1.38. The number of nitrogens with zero attached hydrogens (tertiary/aromatic N) is 3. The summed E-state index contributed by atoms with van der Waals surface area (Å²) >= 11 is 0. The molecule has 0 bridgehead atoms. The van der Waals surface area contributed by atoms with Gasteiger partial charge in [-0.15, -0.1) is 0 Å². The van der Waals surface area contributed by atoms with E-state index < -0.39 is 0 Å². The Bertz CT molecular complexity index is 390. The van der Waals surface area contributed by atoms with Gasteiger partial charge in [0.15, 0.2) is 0 Å². The molecule has 1 aromatic heterocycles. The SMILES string of the molecule is CC(C)(C)n1nc2ccccc2n1. The predicted molar refractivity (Wildman–Crippen MR) is 52.5 cm³/mol. The van der Waals surface area contributed by atoms with Crippen molar-refractivity contribution in [1.29, 1.82) is 0 Å². The second-order valence-electron chi connectivity index (χ2n) is 4.15. The summed E-state index contributed by atoms with van der Waals surface area (Å²) in [5.41, 5.74) is 1.87. The second-order valence-corrected chi connectivity index (χ2v) is 4.15. The van der Waals surface area contributed by atoms with Crippen molar-refractivity contribution < 1.29 is 0 Å². The van der Waals surface area contributed by atoms with E-state index in [1.165, 1.54) is 0 Å². The van der Waals surface area contributed by atoms with Crippen LogP contribution in [-0.2, 0) is 5.54 Å². The molecule has 1 heterocycles. The quantitative estimate of drug-likeness (QED) is 0.614. The first-order valence-corrected chi connectivity index (χ1v) is 4.40. The molecular weight excluding hydrogens is 162 g/mol. The highest BCUT2D eigenvalue weighted by Gasteiger charge is 2.15. The average Bonchev–Trinajstić information content (AvgIpc) is 2.45. The van der Waals surface area contributed by atoms with Crippen molar-refractivity contribution in [2.45, 2.75) is 26.3 Å². The smallest absolute Gasteiger partial charge is 0.113 e. The van der Waals surface area contributed by atoms with Crippen LogP contribution in [0.5, 0.6) is 0 Å². The van der Waals surface area contributed by atoms with E-state index >= 15 is 0 Å². The molecule has 3 nitrogen and oxygen atoms in total. The van der Waals surface area contributed by atoms with Gasteiger partial charge in [-0.25, -0.2) is 0 Å². The summed E-state index contributed by atoms with van der Waals surface area (Å²) in [6, 6.07) is 7.91. The summed E-state index contributed by atoms with van der Waals surface area (Å²) in [6.45, 7) is 6.27. The summed E-state index contributed by atoms with van der Waals surface area (Å²) in [4.78, 5) is 1.76. The molecule has 0 saturated heterocycles. The first-order chi connectivity index (χ1) is 6.07. The molecule has 0 N–H and O–H groups in total. The van der Waals surface area contributed by atoms with Crippen LogP contribution in [-0.4, -0.2) is 15.0 Å². The number of hydrogen-bond acceptors (Lipinski definition) is 2. The lowest BCUT2D eigenvalue weighted by atomic mass is 10.1. The van der Waals surface area contributed by atoms with E-state index in [2.05, 4.69) is 31.0 Å². The van der Waals surface area contributed by atoms with Crippen LogP contribution < -0.4 is 0 Å². The van der Waals surface area contributed by atoms with Gasteiger partial charge >= 0.3 is 0 Å². The molecule has 0 aliphatic carbocycles. The van der Waals surface area contributed by atoms with Crippen molar-refractivity contribution in [2.24, 2.45) is 0 Å². The van der Waals surface area contributed by atoms with E-state index in [-0.39, 0.29) is 5.54 Å². The summed E-state index contributed by atoms with van der Waals surface area (Å²) in [6.07, 6.45) is 0. The highest BCUT2D eigenvalue weighted by molar-refractivity contribution is 5.73. The fourth-order valence-electron chi connectivity index (χ4n) is 1.16. The third-order valence-corrected chi connectivity index (χ3v) is 1.89. The third kappa shape index (κ3) is 1.41. The molecule has 0 spiro atoms. The van der Waals surface area contributed by atoms with Crippen molar-refractivity contribution in [3.63, 3.8) is 0 Å². The second kappa shape index (κ2) is 2.55. The van der Waals surface area contributed by atoms with Crippen LogP contribution in [0.1, 0.15) is 20.8 Å². The molecule has 0 fully saturated rings. The molecule has 0 saturated carbocycles. The zero-order chi connectivity index (χ0) is 9.47. The highest BCUT2D eigenvalue weighted by atomic mass is 15.5. The Balaban J connectivity index is 2.63. The van der Waals surface area contributed by atoms with Crippen LogP contribution >= 0.6 is 0 Å². The van der Waals surface area contributed by atoms with Crippen LogP contribution in [0.15, 0.2) is 24.3 Å². The third-order valence-electron chi connectivity index (χ3n) is 1.89. The summed E-state index contributed by atoms with van der Waals surface area (Å²) in [5, 5.41) is 8.78. The Labute approximate surface area is 77.4 Å². The fraction of sp³-hybridized carbons (Fsp3) is 0.400. The maximum Gasteiger partial charge on any atom is 0.113 e. The number of hydrogen-bond donors (Lipinski definition) is 0. The number of rotatable bonds is 0. The van der Waals surface area contributed by atoms with Crippen LogP contribution in [0, 0.1) is 0 Å². The van der Waals surface area contributed by atoms with Gasteiger partial charge in [0.05, 0.1) is 5.54 Å². The Kier molecular flexibility index (Phi) is 1.62. The molecule has 2 aromatic rings. The maximum absolute atomic E-state index is 4.39. The number of fused-ring (bicyclic) bond motifs is 1. The van der Waals surface area contributed by atoms with Gasteiger partial charge < -0.3 is 0 Å². The lowest BCUT2D eigenvalue weighted by molar-refractivity contribution is 0.316. The zero-order valence-corrected chi connectivity index (χ0v) is 8.15. The lowest BCUT2D eigenvalue weighted by Gasteiger charge is -2.16. The first-order valence-electron chi connectivity index (χ1n) is 4.40. The van der Waals surface area contributed by atoms with Crippen molar-refractivity contribution in [1.82, 2.24) is 15.0 Å². The van der Waals surface area contributed by atoms with E-state index in [1.54, 1.807) is 4.80 Å². The van der Waals surface area contributed by atoms with Gasteiger partial charge in [-0.05, 0) is 32.9 Å². The average molecular weight is 175 g/mol. The standard InChI is InChI=1S/C10H13N3/c1-10(2,3)13-11-8-6-4-5-7-9(8)12-13/h4-7H,1-3H3.